The molecule has 6 heteroatoms. The van der Waals surface area contributed by atoms with Gasteiger partial charge in [0.1, 0.15) is 11.6 Å². The van der Waals surface area contributed by atoms with E-state index in [1.165, 1.54) is 13.2 Å². The molecule has 0 aromatic heterocycles. The van der Waals surface area contributed by atoms with E-state index in [0.717, 1.165) is 5.56 Å². The van der Waals surface area contributed by atoms with Gasteiger partial charge in [-0.25, -0.2) is 0 Å². The minimum Gasteiger partial charge on any atom is -0.493 e. The smallest absolute Gasteiger partial charge is 0.266 e. The summed E-state index contributed by atoms with van der Waals surface area (Å²) in [6, 6.07) is 12.3. The monoisotopic (exact) mass is 370 g/mol. The number of nitrogens with zero attached hydrogens (tertiary/aromatic N) is 1. The first-order chi connectivity index (χ1) is 12.5. The van der Waals surface area contributed by atoms with Crippen LogP contribution < -0.4 is 14.8 Å². The van der Waals surface area contributed by atoms with Gasteiger partial charge in [0.2, 0.25) is 0 Å². The van der Waals surface area contributed by atoms with Crippen LogP contribution in [0.15, 0.2) is 42.0 Å². The van der Waals surface area contributed by atoms with Gasteiger partial charge in [-0.1, -0.05) is 17.7 Å². The van der Waals surface area contributed by atoms with Crippen molar-refractivity contribution in [1.82, 2.24) is 0 Å². The number of carbonyl (C=O) groups excluding carboxylic acids is 1. The number of carbonyl (C=O) groups is 1. The molecule has 1 amide bonds. The second-order valence-corrected chi connectivity index (χ2v) is 5.86. The van der Waals surface area contributed by atoms with E-state index in [0.29, 0.717) is 34.4 Å². The fourth-order valence-electron chi connectivity index (χ4n) is 2.32. The van der Waals surface area contributed by atoms with Crippen molar-refractivity contribution in [2.75, 3.05) is 19.0 Å². The van der Waals surface area contributed by atoms with Gasteiger partial charge in [-0.15, -0.1) is 0 Å². The summed E-state index contributed by atoms with van der Waals surface area (Å²) in [5.74, 6) is 0.643. The van der Waals surface area contributed by atoms with Crippen molar-refractivity contribution in [3.05, 3.63) is 58.1 Å². The molecule has 0 spiro atoms. The minimum atomic E-state index is -0.495. The van der Waals surface area contributed by atoms with E-state index in [4.69, 9.17) is 21.1 Å². The average Bonchev–Trinajstić information content (AvgIpc) is 2.63. The number of rotatable bonds is 6. The summed E-state index contributed by atoms with van der Waals surface area (Å²) < 4.78 is 10.7. The van der Waals surface area contributed by atoms with Crippen LogP contribution in [0.1, 0.15) is 18.1 Å². The third-order valence-corrected chi connectivity index (χ3v) is 3.84. The van der Waals surface area contributed by atoms with Crippen molar-refractivity contribution in [2.45, 2.75) is 13.8 Å². The lowest BCUT2D eigenvalue weighted by atomic mass is 10.1. The van der Waals surface area contributed by atoms with Crippen molar-refractivity contribution in [2.24, 2.45) is 0 Å². The molecule has 26 heavy (non-hydrogen) atoms. The molecule has 2 aromatic carbocycles. The van der Waals surface area contributed by atoms with Gasteiger partial charge in [0.05, 0.1) is 13.7 Å². The van der Waals surface area contributed by atoms with Gasteiger partial charge in [0, 0.05) is 10.7 Å². The number of hydrogen-bond acceptors (Lipinski definition) is 4. The molecule has 0 heterocycles. The maximum absolute atomic E-state index is 12.4. The first-order valence-electron chi connectivity index (χ1n) is 7.98. The molecule has 5 nitrogen and oxygen atoms in total. The Morgan fingerprint density at radius 1 is 1.27 bits per heavy atom. The quantitative estimate of drug-likeness (QED) is 0.595. The number of hydrogen-bond donors (Lipinski definition) is 1. The molecule has 2 rings (SSSR count). The maximum atomic E-state index is 12.4. The molecule has 134 valence electrons. The van der Waals surface area contributed by atoms with E-state index < -0.39 is 5.91 Å². The standard InChI is InChI=1S/C20H19ClN2O3/c1-4-26-18-8-5-14(11-19(18)25-3)10-15(12-22)20(24)23-17-7-6-16(21)9-13(17)2/h5-11H,4H2,1-3H3,(H,23,24)/b15-10+. The van der Waals surface area contributed by atoms with E-state index in [1.54, 1.807) is 36.4 Å². The minimum absolute atomic E-state index is 0.0226. The van der Waals surface area contributed by atoms with E-state index in [-0.39, 0.29) is 5.57 Å². The molecule has 0 bridgehead atoms. The van der Waals surface area contributed by atoms with Gasteiger partial charge in [-0.2, -0.15) is 5.26 Å². The molecule has 0 aliphatic heterocycles. The molecule has 0 fully saturated rings. The maximum Gasteiger partial charge on any atom is 0.266 e. The number of aryl methyl sites for hydroxylation is 1. The van der Waals surface area contributed by atoms with Gasteiger partial charge in [-0.3, -0.25) is 4.79 Å². The van der Waals surface area contributed by atoms with Crippen LogP contribution in [0, 0.1) is 18.3 Å². The lowest BCUT2D eigenvalue weighted by Gasteiger charge is -2.10. The van der Waals surface area contributed by atoms with Gasteiger partial charge < -0.3 is 14.8 Å². The lowest BCUT2D eigenvalue weighted by Crippen LogP contribution is -2.14. The summed E-state index contributed by atoms with van der Waals surface area (Å²) in [6.07, 6.45) is 1.50. The predicted molar refractivity (Wildman–Crippen MR) is 103 cm³/mol. The Hall–Kier alpha value is -2.97. The number of ether oxygens (including phenoxy) is 2. The Morgan fingerprint density at radius 3 is 2.65 bits per heavy atom. The number of benzene rings is 2. The normalized spacial score (nSPS) is 10.8. The number of methoxy groups -OCH3 is 1. The summed E-state index contributed by atoms with van der Waals surface area (Å²) in [7, 11) is 1.53. The van der Waals surface area contributed by atoms with Crippen molar-refractivity contribution in [1.29, 1.82) is 5.26 Å². The van der Waals surface area contributed by atoms with Crippen molar-refractivity contribution < 1.29 is 14.3 Å². The third-order valence-electron chi connectivity index (χ3n) is 3.60. The first kappa shape index (κ1) is 19.4. The van der Waals surface area contributed by atoms with Gasteiger partial charge in [-0.05, 0) is 61.4 Å². The summed E-state index contributed by atoms with van der Waals surface area (Å²) in [6.45, 7) is 4.22. The van der Waals surface area contributed by atoms with Crippen molar-refractivity contribution in [3.63, 3.8) is 0 Å². The highest BCUT2D eigenvalue weighted by molar-refractivity contribution is 6.30. The second-order valence-electron chi connectivity index (χ2n) is 5.43. The Kier molecular flexibility index (Phi) is 6.65. The van der Waals surface area contributed by atoms with E-state index in [2.05, 4.69) is 5.32 Å². The third kappa shape index (κ3) is 4.78. The zero-order chi connectivity index (χ0) is 19.1. The van der Waals surface area contributed by atoms with Crippen LogP contribution in [0.5, 0.6) is 11.5 Å². The summed E-state index contributed by atoms with van der Waals surface area (Å²) in [5.41, 5.74) is 2.05. The molecule has 0 saturated heterocycles. The van der Waals surface area contributed by atoms with Crippen LogP contribution in [0.25, 0.3) is 6.08 Å². The average molecular weight is 371 g/mol. The van der Waals surface area contributed by atoms with Crippen LogP contribution in [-0.4, -0.2) is 19.6 Å². The Labute approximate surface area is 157 Å². The highest BCUT2D eigenvalue weighted by Crippen LogP contribution is 2.29. The molecule has 0 aliphatic rings. The van der Waals surface area contributed by atoms with E-state index >= 15 is 0 Å². The summed E-state index contributed by atoms with van der Waals surface area (Å²) in [5, 5.41) is 12.7. The molecule has 0 aliphatic carbocycles. The topological polar surface area (TPSA) is 71.3 Å². The van der Waals surface area contributed by atoms with Crippen LogP contribution in [0.3, 0.4) is 0 Å². The zero-order valence-corrected chi connectivity index (χ0v) is 15.6. The van der Waals surface area contributed by atoms with E-state index in [1.807, 2.05) is 19.9 Å². The molecular weight excluding hydrogens is 352 g/mol. The van der Waals surface area contributed by atoms with Gasteiger partial charge in [0.15, 0.2) is 11.5 Å². The van der Waals surface area contributed by atoms with E-state index in [9.17, 15) is 10.1 Å². The SMILES string of the molecule is CCOc1ccc(/C=C(\C#N)C(=O)Nc2ccc(Cl)cc2C)cc1OC. The molecule has 1 N–H and O–H groups in total. The number of nitriles is 1. The largest absolute Gasteiger partial charge is 0.493 e. The van der Waals surface area contributed by atoms with Gasteiger partial charge in [0.25, 0.3) is 5.91 Å². The first-order valence-corrected chi connectivity index (χ1v) is 8.36. The van der Waals surface area contributed by atoms with Crippen LogP contribution in [-0.2, 0) is 4.79 Å². The van der Waals surface area contributed by atoms with Crippen molar-refractivity contribution in [3.8, 4) is 17.6 Å². The van der Waals surface area contributed by atoms with Crippen molar-refractivity contribution >= 4 is 29.3 Å². The lowest BCUT2D eigenvalue weighted by molar-refractivity contribution is -0.112. The Morgan fingerprint density at radius 2 is 2.04 bits per heavy atom. The fourth-order valence-corrected chi connectivity index (χ4v) is 2.55. The highest BCUT2D eigenvalue weighted by atomic mass is 35.5. The van der Waals surface area contributed by atoms with Crippen LogP contribution in [0.4, 0.5) is 5.69 Å². The predicted octanol–water partition coefficient (Wildman–Crippen LogP) is 4.60. The number of anilines is 1. The summed E-state index contributed by atoms with van der Waals surface area (Å²) in [4.78, 5) is 12.4. The van der Waals surface area contributed by atoms with Gasteiger partial charge >= 0.3 is 0 Å². The Balaban J connectivity index is 2.26. The molecule has 2 aromatic rings. The summed E-state index contributed by atoms with van der Waals surface area (Å²) >= 11 is 5.92. The van der Waals surface area contributed by atoms with Crippen LogP contribution in [0.2, 0.25) is 5.02 Å². The second kappa shape index (κ2) is 8.93. The highest BCUT2D eigenvalue weighted by Gasteiger charge is 2.12. The number of halogens is 1. The number of nitrogens with one attached hydrogen (secondary N) is 1. The fraction of sp³-hybridized carbons (Fsp3) is 0.200. The van der Waals surface area contributed by atoms with Crippen LogP contribution >= 0.6 is 11.6 Å². The molecule has 0 unspecified atom stereocenters. The Bertz CT molecular complexity index is 885. The molecule has 0 radical (unpaired) electrons. The molecular formula is C20H19ClN2O3. The molecule has 0 saturated carbocycles. The number of amides is 1. The molecule has 0 atom stereocenters. The zero-order valence-electron chi connectivity index (χ0n) is 14.8.